The average Bonchev–Trinajstić information content (AvgIpc) is 2.84. The van der Waals surface area contributed by atoms with E-state index in [4.69, 9.17) is 4.98 Å². The molecule has 0 bridgehead atoms. The van der Waals surface area contributed by atoms with Crippen LogP contribution < -0.4 is 5.32 Å². The van der Waals surface area contributed by atoms with E-state index in [0.717, 1.165) is 29.8 Å². The van der Waals surface area contributed by atoms with Crippen LogP contribution in [0.5, 0.6) is 0 Å². The van der Waals surface area contributed by atoms with Crippen LogP contribution in [0.3, 0.4) is 0 Å². The lowest BCUT2D eigenvalue weighted by molar-refractivity contribution is 0.532. The van der Waals surface area contributed by atoms with E-state index in [9.17, 15) is 0 Å². The third kappa shape index (κ3) is 2.67. The first-order chi connectivity index (χ1) is 9.79. The highest BCUT2D eigenvalue weighted by molar-refractivity contribution is 9.10. The first-order valence-corrected chi connectivity index (χ1v) is 8.07. The van der Waals surface area contributed by atoms with Gasteiger partial charge in [-0.05, 0) is 38.4 Å². The topological polar surface area (TPSA) is 29.9 Å². The molecule has 0 radical (unpaired) electrons. The Labute approximate surface area is 128 Å². The molecule has 1 N–H and O–H groups in total. The second-order valence-corrected chi connectivity index (χ2v) is 6.22. The highest BCUT2D eigenvalue weighted by Gasteiger charge is 2.20. The number of hydrogen-bond donors (Lipinski definition) is 1. The molecule has 1 aliphatic rings. The van der Waals surface area contributed by atoms with Crippen LogP contribution >= 0.6 is 15.9 Å². The monoisotopic (exact) mass is 333 g/mol. The molecular formula is C16H20BrN3. The van der Waals surface area contributed by atoms with Gasteiger partial charge in [0, 0.05) is 35.2 Å². The third-order valence-electron chi connectivity index (χ3n) is 3.90. The summed E-state index contributed by atoms with van der Waals surface area (Å²) >= 11 is 3.56. The minimum Gasteiger partial charge on any atom is -0.328 e. The lowest BCUT2D eigenvalue weighted by Gasteiger charge is -2.17. The van der Waals surface area contributed by atoms with Crippen molar-refractivity contribution in [3.05, 3.63) is 40.1 Å². The maximum Gasteiger partial charge on any atom is 0.140 e. The zero-order chi connectivity index (χ0) is 13.9. The average molecular weight is 334 g/mol. The molecule has 0 atom stereocenters. The number of aromatic nitrogens is 2. The van der Waals surface area contributed by atoms with Crippen molar-refractivity contribution in [1.29, 1.82) is 0 Å². The van der Waals surface area contributed by atoms with Crippen molar-refractivity contribution in [2.45, 2.75) is 32.2 Å². The standard InChI is InChI=1S/C16H20BrN3/c1-18-9-8-14-15-7-2-3-10-20(15)16(19-14)12-5-4-6-13(17)11-12/h4-6,11,18H,2-3,7-10H2,1H3. The first-order valence-electron chi connectivity index (χ1n) is 7.28. The van der Waals surface area contributed by atoms with Crippen LogP contribution in [-0.4, -0.2) is 23.1 Å². The Morgan fingerprint density at radius 3 is 3.05 bits per heavy atom. The van der Waals surface area contributed by atoms with Crippen molar-refractivity contribution in [2.75, 3.05) is 13.6 Å². The third-order valence-corrected chi connectivity index (χ3v) is 4.39. The molecular weight excluding hydrogens is 314 g/mol. The van der Waals surface area contributed by atoms with Gasteiger partial charge in [0.05, 0.1) is 5.69 Å². The number of halogens is 1. The summed E-state index contributed by atoms with van der Waals surface area (Å²) in [6.07, 6.45) is 4.73. The SMILES string of the molecule is CNCCc1nc(-c2cccc(Br)c2)n2c1CCCC2. The maximum atomic E-state index is 4.94. The summed E-state index contributed by atoms with van der Waals surface area (Å²) < 4.78 is 3.54. The Balaban J connectivity index is 2.04. The summed E-state index contributed by atoms with van der Waals surface area (Å²) in [7, 11) is 2.00. The van der Waals surface area contributed by atoms with E-state index >= 15 is 0 Å². The van der Waals surface area contributed by atoms with Gasteiger partial charge in [0.25, 0.3) is 0 Å². The predicted octanol–water partition coefficient (Wildman–Crippen LogP) is 3.41. The van der Waals surface area contributed by atoms with Gasteiger partial charge in [-0.2, -0.15) is 0 Å². The smallest absolute Gasteiger partial charge is 0.140 e. The Morgan fingerprint density at radius 1 is 1.35 bits per heavy atom. The number of rotatable bonds is 4. The fourth-order valence-electron chi connectivity index (χ4n) is 2.91. The number of fused-ring (bicyclic) bond motifs is 1. The molecule has 106 valence electrons. The second kappa shape index (κ2) is 6.10. The quantitative estimate of drug-likeness (QED) is 0.929. The summed E-state index contributed by atoms with van der Waals surface area (Å²) in [4.78, 5) is 4.94. The van der Waals surface area contributed by atoms with E-state index in [1.54, 1.807) is 0 Å². The molecule has 0 amide bonds. The minimum absolute atomic E-state index is 0.988. The van der Waals surface area contributed by atoms with E-state index in [-0.39, 0.29) is 0 Å². The lowest BCUT2D eigenvalue weighted by atomic mass is 10.1. The molecule has 1 aromatic heterocycles. The van der Waals surface area contributed by atoms with Gasteiger partial charge < -0.3 is 9.88 Å². The normalized spacial score (nSPS) is 14.3. The number of hydrogen-bond acceptors (Lipinski definition) is 2. The molecule has 0 aliphatic carbocycles. The van der Waals surface area contributed by atoms with Crippen molar-refractivity contribution in [1.82, 2.24) is 14.9 Å². The van der Waals surface area contributed by atoms with Gasteiger partial charge in [0.1, 0.15) is 5.82 Å². The van der Waals surface area contributed by atoms with Crippen molar-refractivity contribution in [3.63, 3.8) is 0 Å². The molecule has 0 spiro atoms. The molecule has 20 heavy (non-hydrogen) atoms. The van der Waals surface area contributed by atoms with E-state index in [1.165, 1.54) is 36.2 Å². The number of nitrogens with zero attached hydrogens (tertiary/aromatic N) is 2. The largest absolute Gasteiger partial charge is 0.328 e. The fraction of sp³-hybridized carbons (Fsp3) is 0.438. The van der Waals surface area contributed by atoms with Crippen molar-refractivity contribution in [2.24, 2.45) is 0 Å². The second-order valence-electron chi connectivity index (χ2n) is 5.30. The first kappa shape index (κ1) is 13.8. The van der Waals surface area contributed by atoms with E-state index < -0.39 is 0 Å². The summed E-state index contributed by atoms with van der Waals surface area (Å²) in [6, 6.07) is 8.45. The summed E-state index contributed by atoms with van der Waals surface area (Å²) in [5.41, 5.74) is 3.92. The number of nitrogens with one attached hydrogen (secondary N) is 1. The van der Waals surface area contributed by atoms with E-state index in [0.29, 0.717) is 0 Å². The molecule has 1 aromatic carbocycles. The Morgan fingerprint density at radius 2 is 2.25 bits per heavy atom. The maximum absolute atomic E-state index is 4.94. The summed E-state index contributed by atoms with van der Waals surface area (Å²) in [6.45, 7) is 2.09. The lowest BCUT2D eigenvalue weighted by Crippen LogP contribution is -2.15. The molecule has 0 saturated heterocycles. The molecule has 2 heterocycles. The highest BCUT2D eigenvalue weighted by Crippen LogP contribution is 2.29. The molecule has 3 rings (SSSR count). The molecule has 4 heteroatoms. The van der Waals surface area contributed by atoms with Gasteiger partial charge in [0.15, 0.2) is 0 Å². The molecule has 2 aromatic rings. The van der Waals surface area contributed by atoms with Crippen LogP contribution in [0.1, 0.15) is 24.2 Å². The van der Waals surface area contributed by atoms with Gasteiger partial charge in [-0.3, -0.25) is 0 Å². The molecule has 0 unspecified atom stereocenters. The van der Waals surface area contributed by atoms with E-state index in [1.807, 2.05) is 7.05 Å². The molecule has 0 saturated carbocycles. The van der Waals surface area contributed by atoms with Crippen LogP contribution in [0.4, 0.5) is 0 Å². The number of imidazole rings is 1. The van der Waals surface area contributed by atoms with Crippen molar-refractivity contribution >= 4 is 15.9 Å². The zero-order valence-corrected chi connectivity index (χ0v) is 13.4. The van der Waals surface area contributed by atoms with Gasteiger partial charge in [-0.25, -0.2) is 4.98 Å². The van der Waals surface area contributed by atoms with Crippen molar-refractivity contribution in [3.8, 4) is 11.4 Å². The molecule has 1 aliphatic heterocycles. The van der Waals surface area contributed by atoms with Gasteiger partial charge >= 0.3 is 0 Å². The molecule has 0 fully saturated rings. The summed E-state index contributed by atoms with van der Waals surface area (Å²) in [5, 5.41) is 3.22. The Kier molecular flexibility index (Phi) is 4.22. The highest BCUT2D eigenvalue weighted by atomic mass is 79.9. The van der Waals surface area contributed by atoms with Crippen LogP contribution in [0.25, 0.3) is 11.4 Å². The van der Waals surface area contributed by atoms with Crippen LogP contribution in [-0.2, 0) is 19.4 Å². The Bertz CT molecular complexity index is 604. The minimum atomic E-state index is 0.988. The van der Waals surface area contributed by atoms with Crippen LogP contribution in [0.2, 0.25) is 0 Å². The van der Waals surface area contributed by atoms with Gasteiger partial charge in [-0.1, -0.05) is 28.1 Å². The van der Waals surface area contributed by atoms with Crippen LogP contribution in [0.15, 0.2) is 28.7 Å². The zero-order valence-electron chi connectivity index (χ0n) is 11.8. The van der Waals surface area contributed by atoms with E-state index in [2.05, 4.69) is 50.1 Å². The number of likely N-dealkylation sites (N-methyl/N-ethyl adjacent to an activating group) is 1. The summed E-state index contributed by atoms with van der Waals surface area (Å²) in [5.74, 6) is 1.13. The Hall–Kier alpha value is -1.13. The van der Waals surface area contributed by atoms with Crippen molar-refractivity contribution < 1.29 is 0 Å². The molecule has 3 nitrogen and oxygen atoms in total. The predicted molar refractivity (Wildman–Crippen MR) is 85.9 cm³/mol. The van der Waals surface area contributed by atoms with Gasteiger partial charge in [0.2, 0.25) is 0 Å². The van der Waals surface area contributed by atoms with Crippen LogP contribution in [0, 0.1) is 0 Å². The fourth-order valence-corrected chi connectivity index (χ4v) is 3.31. The number of benzene rings is 1. The van der Waals surface area contributed by atoms with Gasteiger partial charge in [-0.15, -0.1) is 0 Å².